The Balaban J connectivity index is 2.15. The van der Waals surface area contributed by atoms with E-state index in [-0.39, 0.29) is 22.0 Å². The van der Waals surface area contributed by atoms with Crippen LogP contribution >= 0.6 is 0 Å². The fourth-order valence-corrected chi connectivity index (χ4v) is 3.26. The molecule has 0 aliphatic heterocycles. The molecule has 0 saturated carbocycles. The van der Waals surface area contributed by atoms with Gasteiger partial charge < -0.3 is 10.1 Å². The second kappa shape index (κ2) is 8.15. The molecular formula is C17H18F3N3O4S. The number of hydrogen-bond donors (Lipinski definition) is 1. The average Bonchev–Trinajstić information content (AvgIpc) is 2.61. The Morgan fingerprint density at radius 3 is 2.43 bits per heavy atom. The minimum absolute atomic E-state index is 0.0457. The predicted octanol–water partition coefficient (Wildman–Crippen LogP) is 2.83. The molecule has 0 bridgehead atoms. The van der Waals surface area contributed by atoms with Gasteiger partial charge in [-0.05, 0) is 30.7 Å². The van der Waals surface area contributed by atoms with Crippen molar-refractivity contribution in [3.8, 4) is 5.88 Å². The van der Waals surface area contributed by atoms with E-state index in [0.717, 1.165) is 16.6 Å². The van der Waals surface area contributed by atoms with Crippen LogP contribution in [0.25, 0.3) is 0 Å². The van der Waals surface area contributed by atoms with Crippen LogP contribution in [0.1, 0.15) is 15.9 Å². The first-order chi connectivity index (χ1) is 12.9. The first-order valence-electron chi connectivity index (χ1n) is 7.90. The Bertz CT molecular complexity index is 959. The van der Waals surface area contributed by atoms with E-state index < -0.39 is 28.7 Å². The Kier molecular flexibility index (Phi) is 6.30. The van der Waals surface area contributed by atoms with Crippen molar-refractivity contribution >= 4 is 21.6 Å². The highest BCUT2D eigenvalue weighted by Gasteiger charge is 2.28. The molecule has 1 heterocycles. The van der Waals surface area contributed by atoms with Crippen LogP contribution in [0.5, 0.6) is 5.88 Å². The maximum Gasteiger partial charge on any atom is 0.422 e. The van der Waals surface area contributed by atoms with Gasteiger partial charge >= 0.3 is 6.18 Å². The summed E-state index contributed by atoms with van der Waals surface area (Å²) in [6.45, 7) is 0.142. The summed E-state index contributed by atoms with van der Waals surface area (Å²) in [7, 11) is -0.899. The first-order valence-corrected chi connectivity index (χ1v) is 9.34. The molecule has 28 heavy (non-hydrogen) atoms. The van der Waals surface area contributed by atoms with Crippen LogP contribution in [0.4, 0.5) is 18.9 Å². The summed E-state index contributed by atoms with van der Waals surface area (Å²) >= 11 is 0. The highest BCUT2D eigenvalue weighted by Crippen LogP contribution is 2.23. The number of nitrogens with one attached hydrogen (secondary N) is 1. The second-order valence-electron chi connectivity index (χ2n) is 6.01. The third-order valence-corrected chi connectivity index (χ3v) is 5.54. The molecule has 0 saturated heterocycles. The summed E-state index contributed by atoms with van der Waals surface area (Å²) in [5.41, 5.74) is 0.824. The van der Waals surface area contributed by atoms with Gasteiger partial charge in [0, 0.05) is 32.0 Å². The molecule has 0 aliphatic carbocycles. The van der Waals surface area contributed by atoms with Crippen molar-refractivity contribution in [3.05, 3.63) is 47.7 Å². The third kappa shape index (κ3) is 5.42. The third-order valence-electron chi connectivity index (χ3n) is 3.59. The van der Waals surface area contributed by atoms with E-state index >= 15 is 0 Å². The van der Waals surface area contributed by atoms with Crippen molar-refractivity contribution in [3.63, 3.8) is 0 Å². The molecule has 0 fully saturated rings. The van der Waals surface area contributed by atoms with Crippen molar-refractivity contribution in [1.82, 2.24) is 9.29 Å². The van der Waals surface area contributed by atoms with Gasteiger partial charge in [-0.25, -0.2) is 17.7 Å². The lowest BCUT2D eigenvalue weighted by Crippen LogP contribution is -2.23. The highest BCUT2D eigenvalue weighted by molar-refractivity contribution is 7.89. The van der Waals surface area contributed by atoms with Gasteiger partial charge in [-0.1, -0.05) is 6.07 Å². The quantitative estimate of drug-likeness (QED) is 0.781. The minimum atomic E-state index is -4.49. The van der Waals surface area contributed by atoms with Gasteiger partial charge in [0.05, 0.1) is 10.5 Å². The normalized spacial score (nSPS) is 12.1. The number of rotatable bonds is 6. The van der Waals surface area contributed by atoms with E-state index in [2.05, 4.69) is 15.0 Å². The number of amides is 1. The molecule has 0 unspecified atom stereocenters. The molecule has 1 aromatic heterocycles. The number of anilines is 1. The summed E-state index contributed by atoms with van der Waals surface area (Å²) in [5, 5.41) is 2.53. The highest BCUT2D eigenvalue weighted by atomic mass is 32.2. The van der Waals surface area contributed by atoms with Crippen LogP contribution in [-0.4, -0.2) is 50.5 Å². The van der Waals surface area contributed by atoms with Crippen LogP contribution in [0.15, 0.2) is 41.4 Å². The number of benzene rings is 1. The molecule has 11 heteroatoms. The number of nitrogens with zero attached hydrogens (tertiary/aromatic N) is 2. The molecule has 1 amide bonds. The molecule has 152 valence electrons. The minimum Gasteiger partial charge on any atom is -0.468 e. The molecule has 1 N–H and O–H groups in total. The van der Waals surface area contributed by atoms with Crippen molar-refractivity contribution in [2.45, 2.75) is 18.0 Å². The topological polar surface area (TPSA) is 88.6 Å². The van der Waals surface area contributed by atoms with Gasteiger partial charge in [-0.15, -0.1) is 0 Å². The van der Waals surface area contributed by atoms with Gasteiger partial charge in [0.2, 0.25) is 15.9 Å². The standard InChI is InChI=1S/C17H18F3N3O4S/c1-11-4-6-13(8-14(11)28(25,26)23(2)3)22-16(24)12-5-7-15(21-9-12)27-10-17(18,19)20/h4-9H,10H2,1-3H3,(H,22,24). The van der Waals surface area contributed by atoms with E-state index in [1.165, 1.54) is 32.3 Å². The summed E-state index contributed by atoms with van der Waals surface area (Å²) in [6, 6.07) is 6.81. The number of carbonyl (C=O) groups is 1. The summed E-state index contributed by atoms with van der Waals surface area (Å²) < 4.78 is 66.6. The number of hydrogen-bond acceptors (Lipinski definition) is 5. The molecular weight excluding hydrogens is 399 g/mol. The Morgan fingerprint density at radius 2 is 1.89 bits per heavy atom. The molecule has 7 nitrogen and oxygen atoms in total. The fraction of sp³-hybridized carbons (Fsp3) is 0.294. The zero-order chi connectivity index (χ0) is 21.1. The van der Waals surface area contributed by atoms with Gasteiger partial charge in [0.15, 0.2) is 6.61 Å². The number of pyridine rings is 1. The largest absolute Gasteiger partial charge is 0.468 e. The number of alkyl halides is 3. The van der Waals surface area contributed by atoms with Gasteiger partial charge in [0.25, 0.3) is 5.91 Å². The van der Waals surface area contributed by atoms with Crippen LogP contribution in [0, 0.1) is 6.92 Å². The lowest BCUT2D eigenvalue weighted by Gasteiger charge is -2.15. The Labute approximate surface area is 160 Å². The maximum absolute atomic E-state index is 12.3. The number of aryl methyl sites for hydroxylation is 1. The number of carbonyl (C=O) groups excluding carboxylic acids is 1. The maximum atomic E-state index is 12.3. The zero-order valence-corrected chi connectivity index (χ0v) is 16.1. The zero-order valence-electron chi connectivity index (χ0n) is 15.2. The van der Waals surface area contributed by atoms with Crippen molar-refractivity contribution in [1.29, 1.82) is 0 Å². The van der Waals surface area contributed by atoms with E-state index in [0.29, 0.717) is 5.56 Å². The van der Waals surface area contributed by atoms with E-state index in [9.17, 15) is 26.4 Å². The molecule has 0 aliphatic rings. The number of halogens is 3. The predicted molar refractivity (Wildman–Crippen MR) is 95.8 cm³/mol. The van der Waals surface area contributed by atoms with Gasteiger partial charge in [0.1, 0.15) is 0 Å². The SMILES string of the molecule is Cc1ccc(NC(=O)c2ccc(OCC(F)(F)F)nc2)cc1S(=O)(=O)N(C)C. The number of ether oxygens (including phenoxy) is 1. The smallest absolute Gasteiger partial charge is 0.422 e. The Hall–Kier alpha value is -2.66. The van der Waals surface area contributed by atoms with Crippen LogP contribution < -0.4 is 10.1 Å². The van der Waals surface area contributed by atoms with Gasteiger partial charge in [-0.2, -0.15) is 13.2 Å². The van der Waals surface area contributed by atoms with E-state index in [4.69, 9.17) is 0 Å². The number of aromatic nitrogens is 1. The molecule has 0 atom stereocenters. The Morgan fingerprint density at radius 1 is 1.21 bits per heavy atom. The van der Waals surface area contributed by atoms with Crippen LogP contribution in [0.2, 0.25) is 0 Å². The van der Waals surface area contributed by atoms with E-state index in [1.807, 2.05) is 0 Å². The molecule has 1 aromatic carbocycles. The van der Waals surface area contributed by atoms with E-state index in [1.54, 1.807) is 13.0 Å². The van der Waals surface area contributed by atoms with Crippen LogP contribution in [-0.2, 0) is 10.0 Å². The summed E-state index contributed by atoms with van der Waals surface area (Å²) in [4.78, 5) is 16.0. The molecule has 0 spiro atoms. The monoisotopic (exact) mass is 417 g/mol. The van der Waals surface area contributed by atoms with Crippen molar-refractivity contribution in [2.75, 3.05) is 26.0 Å². The molecule has 2 aromatic rings. The summed E-state index contributed by atoms with van der Waals surface area (Å²) in [6.07, 6.45) is -3.43. The average molecular weight is 417 g/mol. The van der Waals surface area contributed by atoms with Crippen LogP contribution in [0.3, 0.4) is 0 Å². The van der Waals surface area contributed by atoms with Crippen molar-refractivity contribution in [2.24, 2.45) is 0 Å². The fourth-order valence-electron chi connectivity index (χ4n) is 2.11. The number of sulfonamides is 1. The van der Waals surface area contributed by atoms with Crippen molar-refractivity contribution < 1.29 is 31.1 Å². The lowest BCUT2D eigenvalue weighted by molar-refractivity contribution is -0.154. The van der Waals surface area contributed by atoms with Gasteiger partial charge in [-0.3, -0.25) is 4.79 Å². The summed E-state index contributed by atoms with van der Waals surface area (Å²) in [5.74, 6) is -0.879. The second-order valence-corrected chi connectivity index (χ2v) is 8.13. The first kappa shape index (κ1) is 21.6. The molecule has 0 radical (unpaired) electrons. The molecule has 2 rings (SSSR count). The lowest BCUT2D eigenvalue weighted by atomic mass is 10.2.